The number of amides is 1. The molecule has 1 amide bonds. The van der Waals surface area contributed by atoms with E-state index in [2.05, 4.69) is 10.3 Å². The van der Waals surface area contributed by atoms with Gasteiger partial charge < -0.3 is 10.1 Å². The maximum atomic E-state index is 13.8. The molecule has 0 radical (unpaired) electrons. The molecule has 7 nitrogen and oxygen atoms in total. The first-order chi connectivity index (χ1) is 12.0. The fourth-order valence-electron chi connectivity index (χ4n) is 2.55. The van der Waals surface area contributed by atoms with E-state index in [0.717, 1.165) is 23.5 Å². The Morgan fingerprint density at radius 2 is 2.20 bits per heavy atom. The molecular formula is C17H16FN3O4. The van der Waals surface area contributed by atoms with Gasteiger partial charge in [0.25, 0.3) is 0 Å². The van der Waals surface area contributed by atoms with E-state index in [0.29, 0.717) is 12.1 Å². The van der Waals surface area contributed by atoms with E-state index >= 15 is 0 Å². The van der Waals surface area contributed by atoms with E-state index in [9.17, 15) is 18.8 Å². The number of benzene rings is 1. The first-order valence-electron chi connectivity index (χ1n) is 7.71. The lowest BCUT2D eigenvalue weighted by Gasteiger charge is -2.18. The van der Waals surface area contributed by atoms with E-state index in [1.807, 2.05) is 0 Å². The summed E-state index contributed by atoms with van der Waals surface area (Å²) in [4.78, 5) is 39.8. The number of aromatic nitrogens is 2. The van der Waals surface area contributed by atoms with Crippen LogP contribution in [0.5, 0.6) is 5.75 Å². The molecule has 1 heterocycles. The van der Waals surface area contributed by atoms with Crippen LogP contribution in [0, 0.1) is 5.82 Å². The molecule has 1 fully saturated rings. The van der Waals surface area contributed by atoms with Gasteiger partial charge in [-0.1, -0.05) is 0 Å². The second kappa shape index (κ2) is 6.84. The van der Waals surface area contributed by atoms with Crippen LogP contribution < -0.4 is 15.7 Å². The first-order valence-corrected chi connectivity index (χ1v) is 7.71. The van der Waals surface area contributed by atoms with Crippen molar-refractivity contribution in [2.75, 3.05) is 7.11 Å². The molecule has 1 aromatic heterocycles. The lowest BCUT2D eigenvalue weighted by molar-refractivity contribution is -0.110. The quantitative estimate of drug-likeness (QED) is 0.605. The van der Waals surface area contributed by atoms with Gasteiger partial charge in [0.15, 0.2) is 17.7 Å². The summed E-state index contributed by atoms with van der Waals surface area (Å²) in [5.74, 6) is -1.08. The zero-order valence-electron chi connectivity index (χ0n) is 13.4. The molecule has 2 aromatic rings. The number of Topliss-reactive ketones (excluding diaryl/α,β-unsaturated/α-hetero) is 1. The molecule has 1 aliphatic rings. The van der Waals surface area contributed by atoms with Crippen LogP contribution >= 0.6 is 0 Å². The molecule has 130 valence electrons. The van der Waals surface area contributed by atoms with Gasteiger partial charge in [0.2, 0.25) is 12.2 Å². The molecule has 1 N–H and O–H groups in total. The van der Waals surface area contributed by atoms with Gasteiger partial charge in [-0.2, -0.15) is 4.98 Å². The Kier molecular flexibility index (Phi) is 4.60. The Morgan fingerprint density at radius 1 is 1.44 bits per heavy atom. The van der Waals surface area contributed by atoms with Gasteiger partial charge in [0, 0.05) is 17.7 Å². The summed E-state index contributed by atoms with van der Waals surface area (Å²) in [6.07, 6.45) is 2.39. The van der Waals surface area contributed by atoms with Crippen LogP contribution in [0.4, 0.5) is 4.39 Å². The van der Waals surface area contributed by atoms with Gasteiger partial charge in [-0.15, -0.1) is 0 Å². The standard InChI is InChI=1S/C17H16FN3O4/c1-25-14-5-4-11(8-12(14)18)15(23)16(19-9-22)21-7-6-13(10-2-3-10)20-17(21)24/h4-10,16H,2-3H2,1H3,(H,19,22). The number of carbonyl (C=O) groups excluding carboxylic acids is 2. The third kappa shape index (κ3) is 3.42. The third-order valence-electron chi connectivity index (χ3n) is 4.04. The predicted octanol–water partition coefficient (Wildman–Crippen LogP) is 1.40. The lowest BCUT2D eigenvalue weighted by atomic mass is 10.1. The van der Waals surface area contributed by atoms with Gasteiger partial charge >= 0.3 is 5.69 Å². The second-order valence-electron chi connectivity index (χ2n) is 5.72. The van der Waals surface area contributed by atoms with Crippen LogP contribution in [0.15, 0.2) is 35.3 Å². The van der Waals surface area contributed by atoms with Crippen LogP contribution in [-0.2, 0) is 4.79 Å². The van der Waals surface area contributed by atoms with Crippen molar-refractivity contribution < 1.29 is 18.7 Å². The van der Waals surface area contributed by atoms with Crippen LogP contribution in [0.3, 0.4) is 0 Å². The molecule has 0 spiro atoms. The third-order valence-corrected chi connectivity index (χ3v) is 4.04. The summed E-state index contributed by atoms with van der Waals surface area (Å²) in [5.41, 5.74) is 0.0240. The maximum Gasteiger partial charge on any atom is 0.349 e. The average molecular weight is 345 g/mol. The van der Waals surface area contributed by atoms with Crippen molar-refractivity contribution in [2.45, 2.75) is 24.9 Å². The van der Waals surface area contributed by atoms with E-state index in [-0.39, 0.29) is 17.2 Å². The summed E-state index contributed by atoms with van der Waals surface area (Å²) >= 11 is 0. The largest absolute Gasteiger partial charge is 0.494 e. The molecular weight excluding hydrogens is 329 g/mol. The molecule has 1 aromatic carbocycles. The molecule has 1 unspecified atom stereocenters. The van der Waals surface area contributed by atoms with Crippen LogP contribution in [0.25, 0.3) is 0 Å². The number of hydrogen-bond donors (Lipinski definition) is 1. The summed E-state index contributed by atoms with van der Waals surface area (Å²) in [6.45, 7) is 0. The van der Waals surface area contributed by atoms with Crippen molar-refractivity contribution in [3.05, 3.63) is 58.0 Å². The predicted molar refractivity (Wildman–Crippen MR) is 86.0 cm³/mol. The Hall–Kier alpha value is -3.03. The highest BCUT2D eigenvalue weighted by Crippen LogP contribution is 2.38. The van der Waals surface area contributed by atoms with Gasteiger partial charge in [0.05, 0.1) is 12.8 Å². The lowest BCUT2D eigenvalue weighted by Crippen LogP contribution is -2.40. The average Bonchev–Trinajstić information content (AvgIpc) is 3.44. The number of hydrogen-bond acceptors (Lipinski definition) is 5. The number of ketones is 1. The Bertz CT molecular complexity index is 876. The number of methoxy groups -OCH3 is 1. The van der Waals surface area contributed by atoms with E-state index in [1.165, 1.54) is 25.4 Å². The molecule has 0 saturated heterocycles. The monoisotopic (exact) mass is 345 g/mol. The van der Waals surface area contributed by atoms with Gasteiger partial charge in [0.1, 0.15) is 0 Å². The maximum absolute atomic E-state index is 13.8. The fourth-order valence-corrected chi connectivity index (χ4v) is 2.55. The minimum atomic E-state index is -1.31. The van der Waals surface area contributed by atoms with Crippen molar-refractivity contribution in [2.24, 2.45) is 0 Å². The van der Waals surface area contributed by atoms with Gasteiger partial charge in [-0.05, 0) is 37.1 Å². The van der Waals surface area contributed by atoms with Crippen molar-refractivity contribution >= 4 is 12.2 Å². The zero-order chi connectivity index (χ0) is 18.0. The normalized spacial score (nSPS) is 14.6. The molecule has 0 bridgehead atoms. The molecule has 0 aliphatic heterocycles. The summed E-state index contributed by atoms with van der Waals surface area (Å²) in [5, 5.41) is 2.29. The van der Waals surface area contributed by atoms with Gasteiger partial charge in [-0.3, -0.25) is 14.2 Å². The van der Waals surface area contributed by atoms with Gasteiger partial charge in [-0.25, -0.2) is 9.18 Å². The highest BCUT2D eigenvalue weighted by Gasteiger charge is 2.28. The van der Waals surface area contributed by atoms with Crippen LogP contribution in [0.1, 0.15) is 41.0 Å². The highest BCUT2D eigenvalue weighted by atomic mass is 19.1. The van der Waals surface area contributed by atoms with E-state index in [4.69, 9.17) is 4.74 Å². The van der Waals surface area contributed by atoms with Crippen molar-refractivity contribution in [3.8, 4) is 5.75 Å². The number of nitrogens with zero attached hydrogens (tertiary/aromatic N) is 2. The number of nitrogens with one attached hydrogen (secondary N) is 1. The second-order valence-corrected chi connectivity index (χ2v) is 5.72. The number of halogens is 1. The number of carbonyl (C=O) groups is 2. The summed E-state index contributed by atoms with van der Waals surface area (Å²) in [6, 6.07) is 5.32. The number of ether oxygens (including phenoxy) is 1. The Labute approximate surface area is 142 Å². The summed E-state index contributed by atoms with van der Waals surface area (Å²) in [7, 11) is 1.31. The number of rotatable bonds is 7. The van der Waals surface area contributed by atoms with Crippen molar-refractivity contribution in [3.63, 3.8) is 0 Å². The molecule has 25 heavy (non-hydrogen) atoms. The van der Waals surface area contributed by atoms with E-state index in [1.54, 1.807) is 6.07 Å². The SMILES string of the molecule is COc1ccc(C(=O)C(NC=O)n2ccc(C3CC3)nc2=O)cc1F. The van der Waals surface area contributed by atoms with Crippen molar-refractivity contribution in [1.29, 1.82) is 0 Å². The van der Waals surface area contributed by atoms with Crippen LogP contribution in [-0.4, -0.2) is 28.9 Å². The summed E-state index contributed by atoms with van der Waals surface area (Å²) < 4.78 is 19.7. The highest BCUT2D eigenvalue weighted by molar-refractivity contribution is 5.99. The molecule has 8 heteroatoms. The first kappa shape index (κ1) is 16.8. The Morgan fingerprint density at radius 3 is 2.76 bits per heavy atom. The topological polar surface area (TPSA) is 90.3 Å². The minimum Gasteiger partial charge on any atom is -0.494 e. The molecule has 1 atom stereocenters. The van der Waals surface area contributed by atoms with Crippen LogP contribution in [0.2, 0.25) is 0 Å². The Balaban J connectivity index is 1.95. The molecule has 3 rings (SSSR count). The smallest absolute Gasteiger partial charge is 0.349 e. The minimum absolute atomic E-state index is 0.00387. The fraction of sp³-hybridized carbons (Fsp3) is 0.294. The molecule has 1 saturated carbocycles. The van der Waals surface area contributed by atoms with E-state index < -0.39 is 23.5 Å². The molecule has 1 aliphatic carbocycles. The zero-order valence-corrected chi connectivity index (χ0v) is 13.4. The van der Waals surface area contributed by atoms with Crippen molar-refractivity contribution in [1.82, 2.24) is 14.9 Å².